The zero-order valence-corrected chi connectivity index (χ0v) is 18.5. The number of methoxy groups -OCH3 is 4. The van der Waals surface area contributed by atoms with Crippen molar-refractivity contribution in [2.45, 2.75) is 11.8 Å². The molecule has 0 spiro atoms. The minimum absolute atomic E-state index is 0.0491. The molecule has 0 amide bonds. The fourth-order valence-corrected chi connectivity index (χ4v) is 4.76. The largest absolute Gasteiger partial charge is 0.493 e. The van der Waals surface area contributed by atoms with Crippen molar-refractivity contribution in [2.24, 2.45) is 11.8 Å². The minimum Gasteiger partial charge on any atom is -0.493 e. The molecule has 4 rings (SSSR count). The van der Waals surface area contributed by atoms with Gasteiger partial charge in [0.05, 0.1) is 40.3 Å². The van der Waals surface area contributed by atoms with Gasteiger partial charge in [-0.1, -0.05) is 12.1 Å². The summed E-state index contributed by atoms with van der Waals surface area (Å²) in [6, 6.07) is 11.0. The number of rotatable bonds is 6. The Bertz CT molecular complexity index is 936. The summed E-state index contributed by atoms with van der Waals surface area (Å²) in [6.45, 7) is 0.0982. The van der Waals surface area contributed by atoms with Crippen LogP contribution < -0.4 is 18.9 Å². The number of hydrogen-bond donors (Lipinski definition) is 0. The maximum atomic E-state index is 12.9. The summed E-state index contributed by atoms with van der Waals surface area (Å²) in [7, 11) is 6.23. The molecule has 1 aliphatic carbocycles. The lowest BCUT2D eigenvalue weighted by molar-refractivity contribution is -0.180. The topological polar surface area (TPSA) is 89.5 Å². The van der Waals surface area contributed by atoms with E-state index in [0.29, 0.717) is 23.0 Å². The molecule has 1 heterocycles. The molecule has 0 bridgehead atoms. The first-order valence-corrected chi connectivity index (χ1v) is 10.3. The lowest BCUT2D eigenvalue weighted by Crippen LogP contribution is -2.53. The Morgan fingerprint density at radius 3 is 1.31 bits per heavy atom. The first-order chi connectivity index (χ1) is 15.5. The van der Waals surface area contributed by atoms with Gasteiger partial charge in [-0.3, -0.25) is 9.59 Å². The lowest BCUT2D eigenvalue weighted by atomic mass is 9.52. The summed E-state index contributed by atoms with van der Waals surface area (Å²) in [5.41, 5.74) is 1.68. The van der Waals surface area contributed by atoms with E-state index >= 15 is 0 Å². The van der Waals surface area contributed by atoms with E-state index in [9.17, 15) is 9.59 Å². The Morgan fingerprint density at radius 2 is 0.969 bits per heavy atom. The number of carbonyl (C=O) groups excluding carboxylic acids is 2. The molecular formula is C24H26O8. The predicted molar refractivity (Wildman–Crippen MR) is 113 cm³/mol. The Morgan fingerprint density at radius 1 is 0.594 bits per heavy atom. The second kappa shape index (κ2) is 8.98. The summed E-state index contributed by atoms with van der Waals surface area (Å²) < 4.78 is 32.4. The molecule has 4 atom stereocenters. The molecule has 170 valence electrons. The van der Waals surface area contributed by atoms with E-state index in [0.717, 1.165) is 11.1 Å². The van der Waals surface area contributed by atoms with Crippen LogP contribution in [0.5, 0.6) is 23.0 Å². The van der Waals surface area contributed by atoms with Crippen molar-refractivity contribution < 1.29 is 38.0 Å². The summed E-state index contributed by atoms with van der Waals surface area (Å²) >= 11 is 0. The molecule has 2 aromatic carbocycles. The van der Waals surface area contributed by atoms with Crippen LogP contribution in [-0.2, 0) is 19.1 Å². The molecule has 1 aliphatic heterocycles. The van der Waals surface area contributed by atoms with Gasteiger partial charge in [0.1, 0.15) is 13.2 Å². The number of cyclic esters (lactones) is 2. The third kappa shape index (κ3) is 3.59. The number of carbonyl (C=O) groups is 2. The average Bonchev–Trinajstić information content (AvgIpc) is 2.80. The zero-order valence-electron chi connectivity index (χ0n) is 18.5. The first-order valence-electron chi connectivity index (χ1n) is 10.3. The fourth-order valence-electron chi connectivity index (χ4n) is 4.76. The van der Waals surface area contributed by atoms with Crippen molar-refractivity contribution >= 4 is 11.9 Å². The summed E-state index contributed by atoms with van der Waals surface area (Å²) in [5, 5.41) is 0. The van der Waals surface area contributed by atoms with E-state index in [4.69, 9.17) is 28.4 Å². The Labute approximate surface area is 186 Å². The van der Waals surface area contributed by atoms with Gasteiger partial charge >= 0.3 is 11.9 Å². The van der Waals surface area contributed by atoms with Crippen molar-refractivity contribution in [3.8, 4) is 23.0 Å². The fraction of sp³-hybridized carbons (Fsp3) is 0.417. The molecule has 1 saturated heterocycles. The zero-order chi connectivity index (χ0) is 22.8. The van der Waals surface area contributed by atoms with Crippen molar-refractivity contribution in [1.82, 2.24) is 0 Å². The first kappa shape index (κ1) is 21.8. The van der Waals surface area contributed by atoms with Crippen LogP contribution in [0.3, 0.4) is 0 Å². The molecule has 2 aromatic rings. The van der Waals surface area contributed by atoms with E-state index in [-0.39, 0.29) is 25.0 Å². The van der Waals surface area contributed by atoms with Gasteiger partial charge in [-0.05, 0) is 35.4 Å². The lowest BCUT2D eigenvalue weighted by Gasteiger charge is -2.50. The molecule has 1 saturated carbocycles. The average molecular weight is 442 g/mol. The third-order valence-electron chi connectivity index (χ3n) is 6.25. The Hall–Kier alpha value is -3.42. The van der Waals surface area contributed by atoms with E-state index in [1.54, 1.807) is 40.6 Å². The molecular weight excluding hydrogens is 416 g/mol. The molecule has 8 heteroatoms. The van der Waals surface area contributed by atoms with Gasteiger partial charge in [-0.2, -0.15) is 0 Å². The van der Waals surface area contributed by atoms with Gasteiger partial charge in [0, 0.05) is 11.8 Å². The quantitative estimate of drug-likeness (QED) is 0.631. The summed E-state index contributed by atoms with van der Waals surface area (Å²) in [4.78, 5) is 25.8. The smallest absolute Gasteiger partial charge is 0.310 e. The Balaban J connectivity index is 1.83. The van der Waals surface area contributed by atoms with E-state index in [1.807, 2.05) is 24.3 Å². The van der Waals surface area contributed by atoms with Crippen LogP contribution in [0.25, 0.3) is 0 Å². The molecule has 0 aromatic heterocycles. The number of benzene rings is 2. The summed E-state index contributed by atoms with van der Waals surface area (Å²) in [5.74, 6) is -0.539. The van der Waals surface area contributed by atoms with Crippen LogP contribution in [0.4, 0.5) is 0 Å². The van der Waals surface area contributed by atoms with Crippen molar-refractivity contribution in [3.05, 3.63) is 47.5 Å². The number of hydrogen-bond acceptors (Lipinski definition) is 8. The van der Waals surface area contributed by atoms with Crippen molar-refractivity contribution in [2.75, 3.05) is 41.7 Å². The SMILES string of the molecule is COc1ccc([C@@H]2[C@H]3C(=O)OCCOC(=O)[C@@H]3[C@H]2c2ccc(OC)c(OC)c2)cc1OC. The van der Waals surface area contributed by atoms with Gasteiger partial charge in [0.15, 0.2) is 23.0 Å². The van der Waals surface area contributed by atoms with E-state index in [1.165, 1.54) is 0 Å². The van der Waals surface area contributed by atoms with Crippen molar-refractivity contribution in [1.29, 1.82) is 0 Å². The van der Waals surface area contributed by atoms with Gasteiger partial charge in [-0.25, -0.2) is 0 Å². The summed E-state index contributed by atoms with van der Waals surface area (Å²) in [6.07, 6.45) is 0. The molecule has 32 heavy (non-hydrogen) atoms. The maximum Gasteiger partial charge on any atom is 0.310 e. The number of ether oxygens (including phenoxy) is 6. The molecule has 0 N–H and O–H groups in total. The Kier molecular flexibility index (Phi) is 6.12. The van der Waals surface area contributed by atoms with E-state index in [2.05, 4.69) is 0 Å². The second-order valence-electron chi connectivity index (χ2n) is 7.67. The number of esters is 2. The molecule has 2 fully saturated rings. The van der Waals surface area contributed by atoms with E-state index < -0.39 is 23.8 Å². The maximum absolute atomic E-state index is 12.9. The third-order valence-corrected chi connectivity index (χ3v) is 6.25. The van der Waals surface area contributed by atoms with Gasteiger partial charge in [-0.15, -0.1) is 0 Å². The minimum atomic E-state index is -0.668. The predicted octanol–water partition coefficient (Wildman–Crippen LogP) is 2.93. The standard InChI is InChI=1S/C24H26O8/c1-27-15-7-5-13(11-17(15)29-3)19-20(14-6-8-16(28-2)18(12-14)30-4)22-21(19)23(25)31-9-10-32-24(22)26/h5-8,11-12,19-22H,9-10H2,1-4H3/t19-,20-,21+,22+/m0/s1. The van der Waals surface area contributed by atoms with Crippen LogP contribution >= 0.6 is 0 Å². The monoisotopic (exact) mass is 442 g/mol. The van der Waals surface area contributed by atoms with Crippen LogP contribution in [-0.4, -0.2) is 53.6 Å². The van der Waals surface area contributed by atoms with Crippen LogP contribution in [0, 0.1) is 11.8 Å². The van der Waals surface area contributed by atoms with Crippen LogP contribution in [0.2, 0.25) is 0 Å². The second-order valence-corrected chi connectivity index (χ2v) is 7.67. The molecule has 0 unspecified atom stereocenters. The highest BCUT2D eigenvalue weighted by atomic mass is 16.6. The van der Waals surface area contributed by atoms with Crippen molar-refractivity contribution in [3.63, 3.8) is 0 Å². The van der Waals surface area contributed by atoms with Gasteiger partial charge < -0.3 is 28.4 Å². The molecule has 2 aliphatic rings. The highest BCUT2D eigenvalue weighted by molar-refractivity contribution is 5.87. The van der Waals surface area contributed by atoms with Gasteiger partial charge in [0.25, 0.3) is 0 Å². The molecule has 8 nitrogen and oxygen atoms in total. The van der Waals surface area contributed by atoms with Crippen LogP contribution in [0.15, 0.2) is 36.4 Å². The highest BCUT2D eigenvalue weighted by Crippen LogP contribution is 2.60. The normalized spacial score (nSPS) is 24.6. The van der Waals surface area contributed by atoms with Crippen LogP contribution in [0.1, 0.15) is 23.0 Å². The number of fused-ring (bicyclic) bond motifs is 1. The molecule has 0 radical (unpaired) electrons. The van der Waals surface area contributed by atoms with Gasteiger partial charge in [0.2, 0.25) is 0 Å². The highest BCUT2D eigenvalue weighted by Gasteiger charge is 2.60.